The second-order valence-corrected chi connectivity index (χ2v) is 4.73. The van der Waals surface area contributed by atoms with E-state index in [2.05, 4.69) is 15.1 Å². The average Bonchev–Trinajstić information content (AvgIpc) is 2.77. The molecule has 0 N–H and O–H groups in total. The van der Waals surface area contributed by atoms with Crippen LogP contribution < -0.4 is 0 Å². The summed E-state index contributed by atoms with van der Waals surface area (Å²) >= 11 is 1.54. The minimum atomic E-state index is -0.175. The lowest BCUT2D eigenvalue weighted by Gasteiger charge is -2.04. The molecule has 0 aliphatic heterocycles. The minimum absolute atomic E-state index is 0.175. The van der Waals surface area contributed by atoms with E-state index in [0.717, 1.165) is 10.7 Å². The molecule has 0 saturated carbocycles. The summed E-state index contributed by atoms with van der Waals surface area (Å²) in [6.45, 7) is 4.13. The number of carbonyl (C=O) groups excluding carboxylic acids is 1. The summed E-state index contributed by atoms with van der Waals surface area (Å²) in [6.07, 6.45) is 1.85. The van der Waals surface area contributed by atoms with Gasteiger partial charge in [-0.15, -0.1) is 11.8 Å². The standard InChI is InChI=1S/C11H14N4O2S/c1-3-17-10(16)4-5-18-9-6-8(2)14-11-12-7-13-15(9)11/h6-7H,3-5H2,1-2H3. The SMILES string of the molecule is CCOC(=O)CCSc1cc(C)nc2ncnn12. The number of nitrogens with zero attached hydrogens (tertiary/aromatic N) is 4. The highest BCUT2D eigenvalue weighted by Crippen LogP contribution is 2.19. The van der Waals surface area contributed by atoms with Crippen molar-refractivity contribution in [2.75, 3.05) is 12.4 Å². The van der Waals surface area contributed by atoms with Gasteiger partial charge in [-0.3, -0.25) is 4.79 Å². The van der Waals surface area contributed by atoms with E-state index in [9.17, 15) is 4.79 Å². The second kappa shape index (κ2) is 5.81. The van der Waals surface area contributed by atoms with Crippen LogP contribution in [0.4, 0.5) is 0 Å². The highest BCUT2D eigenvalue weighted by atomic mass is 32.2. The summed E-state index contributed by atoms with van der Waals surface area (Å²) in [7, 11) is 0. The van der Waals surface area contributed by atoms with E-state index < -0.39 is 0 Å². The Hall–Kier alpha value is -1.63. The highest BCUT2D eigenvalue weighted by Gasteiger charge is 2.08. The van der Waals surface area contributed by atoms with Gasteiger partial charge in [0.1, 0.15) is 11.4 Å². The quantitative estimate of drug-likeness (QED) is 0.464. The lowest BCUT2D eigenvalue weighted by atomic mass is 10.5. The van der Waals surface area contributed by atoms with Crippen molar-refractivity contribution in [3.8, 4) is 0 Å². The number of carbonyl (C=O) groups is 1. The molecule has 2 heterocycles. The van der Waals surface area contributed by atoms with Gasteiger partial charge in [-0.05, 0) is 19.9 Å². The molecular formula is C11H14N4O2S. The number of thioether (sulfide) groups is 1. The Labute approximate surface area is 109 Å². The van der Waals surface area contributed by atoms with Crippen LogP contribution >= 0.6 is 11.8 Å². The molecule has 0 saturated heterocycles. The van der Waals surface area contributed by atoms with Gasteiger partial charge in [0.15, 0.2) is 0 Å². The van der Waals surface area contributed by atoms with E-state index in [0.29, 0.717) is 24.6 Å². The van der Waals surface area contributed by atoms with E-state index >= 15 is 0 Å². The molecule has 7 heteroatoms. The van der Waals surface area contributed by atoms with E-state index in [4.69, 9.17) is 4.74 Å². The lowest BCUT2D eigenvalue weighted by molar-refractivity contribution is -0.142. The molecule has 18 heavy (non-hydrogen) atoms. The number of rotatable bonds is 5. The number of ether oxygens (including phenoxy) is 1. The van der Waals surface area contributed by atoms with Gasteiger partial charge in [0.05, 0.1) is 13.0 Å². The maximum absolute atomic E-state index is 11.2. The van der Waals surface area contributed by atoms with Crippen molar-refractivity contribution >= 4 is 23.5 Å². The maximum atomic E-state index is 11.2. The lowest BCUT2D eigenvalue weighted by Crippen LogP contribution is -2.05. The fourth-order valence-corrected chi connectivity index (χ4v) is 2.45. The molecule has 0 spiro atoms. The molecular weight excluding hydrogens is 252 g/mol. The molecule has 2 rings (SSSR count). The summed E-state index contributed by atoms with van der Waals surface area (Å²) in [5.41, 5.74) is 0.883. The monoisotopic (exact) mass is 266 g/mol. The van der Waals surface area contributed by atoms with Crippen molar-refractivity contribution in [3.05, 3.63) is 18.1 Å². The number of esters is 1. The Morgan fingerprint density at radius 3 is 3.17 bits per heavy atom. The van der Waals surface area contributed by atoms with Gasteiger partial charge < -0.3 is 4.74 Å². The van der Waals surface area contributed by atoms with Crippen LogP contribution in [-0.4, -0.2) is 37.9 Å². The van der Waals surface area contributed by atoms with Crippen LogP contribution in [0.25, 0.3) is 5.78 Å². The normalized spacial score (nSPS) is 10.8. The van der Waals surface area contributed by atoms with Crippen LogP contribution in [0.1, 0.15) is 19.0 Å². The van der Waals surface area contributed by atoms with Crippen molar-refractivity contribution in [3.63, 3.8) is 0 Å². The first-order valence-corrected chi connectivity index (χ1v) is 6.65. The van der Waals surface area contributed by atoms with Gasteiger partial charge >= 0.3 is 5.97 Å². The van der Waals surface area contributed by atoms with Crippen molar-refractivity contribution in [2.24, 2.45) is 0 Å². The average molecular weight is 266 g/mol. The first-order chi connectivity index (χ1) is 8.70. The first kappa shape index (κ1) is 12.8. The largest absolute Gasteiger partial charge is 0.466 e. The van der Waals surface area contributed by atoms with Crippen LogP contribution in [0.15, 0.2) is 17.4 Å². The Bertz CT molecular complexity index is 555. The second-order valence-electron chi connectivity index (χ2n) is 3.61. The minimum Gasteiger partial charge on any atom is -0.466 e. The zero-order chi connectivity index (χ0) is 13.0. The topological polar surface area (TPSA) is 69.4 Å². The van der Waals surface area contributed by atoms with E-state index in [1.165, 1.54) is 6.33 Å². The number of fused-ring (bicyclic) bond motifs is 1. The molecule has 0 amide bonds. The van der Waals surface area contributed by atoms with Gasteiger partial charge in [0.2, 0.25) is 0 Å². The summed E-state index contributed by atoms with van der Waals surface area (Å²) in [6, 6.07) is 1.93. The predicted molar refractivity (Wildman–Crippen MR) is 67.5 cm³/mol. The Balaban J connectivity index is 2.03. The van der Waals surface area contributed by atoms with Crippen molar-refractivity contribution in [1.82, 2.24) is 19.6 Å². The zero-order valence-electron chi connectivity index (χ0n) is 10.3. The van der Waals surface area contributed by atoms with Crippen LogP contribution in [0.2, 0.25) is 0 Å². The van der Waals surface area contributed by atoms with E-state index in [1.807, 2.05) is 13.0 Å². The van der Waals surface area contributed by atoms with Gasteiger partial charge in [-0.1, -0.05) is 0 Å². The van der Waals surface area contributed by atoms with Crippen LogP contribution in [0.5, 0.6) is 0 Å². The molecule has 0 radical (unpaired) electrons. The van der Waals surface area contributed by atoms with Crippen molar-refractivity contribution in [1.29, 1.82) is 0 Å². The number of hydrogen-bond acceptors (Lipinski definition) is 6. The Morgan fingerprint density at radius 1 is 1.56 bits per heavy atom. The van der Waals surface area contributed by atoms with Gasteiger partial charge in [0, 0.05) is 11.4 Å². The molecule has 0 aliphatic carbocycles. The third-order valence-corrected chi connectivity index (χ3v) is 3.20. The third-order valence-electron chi connectivity index (χ3n) is 2.21. The number of aromatic nitrogens is 4. The van der Waals surface area contributed by atoms with Gasteiger partial charge in [-0.25, -0.2) is 4.98 Å². The van der Waals surface area contributed by atoms with Gasteiger partial charge in [0.25, 0.3) is 5.78 Å². The van der Waals surface area contributed by atoms with E-state index in [1.54, 1.807) is 23.2 Å². The highest BCUT2D eigenvalue weighted by molar-refractivity contribution is 7.99. The molecule has 0 atom stereocenters. The summed E-state index contributed by atoms with van der Waals surface area (Å²) < 4.78 is 6.55. The maximum Gasteiger partial charge on any atom is 0.306 e. The van der Waals surface area contributed by atoms with E-state index in [-0.39, 0.29) is 5.97 Å². The molecule has 0 fully saturated rings. The molecule has 96 valence electrons. The van der Waals surface area contributed by atoms with Crippen molar-refractivity contribution in [2.45, 2.75) is 25.3 Å². The molecule has 2 aromatic heterocycles. The Kier molecular flexibility index (Phi) is 4.14. The fraction of sp³-hybridized carbons (Fsp3) is 0.455. The summed E-state index contributed by atoms with van der Waals surface area (Å²) in [5.74, 6) is 1.05. The molecule has 0 unspecified atom stereocenters. The molecule has 0 aromatic carbocycles. The number of aryl methyl sites for hydroxylation is 1. The third kappa shape index (κ3) is 2.98. The van der Waals surface area contributed by atoms with Gasteiger partial charge in [-0.2, -0.15) is 14.6 Å². The molecule has 0 aliphatic rings. The fourth-order valence-electron chi connectivity index (χ4n) is 1.47. The summed E-state index contributed by atoms with van der Waals surface area (Å²) in [4.78, 5) is 19.5. The molecule has 6 nitrogen and oxygen atoms in total. The van der Waals surface area contributed by atoms with Crippen LogP contribution in [0.3, 0.4) is 0 Å². The van der Waals surface area contributed by atoms with Crippen LogP contribution in [0, 0.1) is 6.92 Å². The zero-order valence-corrected chi connectivity index (χ0v) is 11.1. The summed E-state index contributed by atoms with van der Waals surface area (Å²) in [5, 5.41) is 5.03. The Morgan fingerprint density at radius 2 is 2.39 bits per heavy atom. The molecule has 2 aromatic rings. The number of hydrogen-bond donors (Lipinski definition) is 0. The van der Waals surface area contributed by atoms with Crippen LogP contribution in [-0.2, 0) is 9.53 Å². The smallest absolute Gasteiger partial charge is 0.306 e. The predicted octanol–water partition coefficient (Wildman–Crippen LogP) is 1.48. The van der Waals surface area contributed by atoms with Crippen molar-refractivity contribution < 1.29 is 9.53 Å². The first-order valence-electron chi connectivity index (χ1n) is 5.66. The molecule has 0 bridgehead atoms.